The number of halogens is 3. The molecule has 0 bridgehead atoms. The highest BCUT2D eigenvalue weighted by atomic mass is 127. The summed E-state index contributed by atoms with van der Waals surface area (Å²) in [7, 11) is 0. The summed E-state index contributed by atoms with van der Waals surface area (Å²) in [4.78, 5) is 10.1. The molecule has 0 aliphatic carbocycles. The molecular weight excluding hydrogens is 446 g/mol. The van der Waals surface area contributed by atoms with Gasteiger partial charge in [0.1, 0.15) is 5.15 Å². The maximum Gasteiger partial charge on any atom is 0.171 e. The van der Waals surface area contributed by atoms with E-state index in [1.165, 1.54) is 0 Å². The first kappa shape index (κ1) is 14.7. The van der Waals surface area contributed by atoms with Gasteiger partial charge in [-0.1, -0.05) is 32.4 Å². The highest BCUT2D eigenvalue weighted by molar-refractivity contribution is 14.1. The third-order valence-corrected chi connectivity index (χ3v) is 5.55. The lowest BCUT2D eigenvalue weighted by atomic mass is 9.92. The molecule has 0 N–H and O–H groups in total. The van der Waals surface area contributed by atoms with Gasteiger partial charge in [-0.15, -0.1) is 11.3 Å². The van der Waals surface area contributed by atoms with E-state index in [0.29, 0.717) is 11.0 Å². The maximum absolute atomic E-state index is 6.22. The van der Waals surface area contributed by atoms with Crippen molar-refractivity contribution in [1.82, 2.24) is 9.97 Å². The third-order valence-electron chi connectivity index (χ3n) is 2.31. The lowest BCUT2D eigenvalue weighted by molar-refractivity contribution is 0.564. The molecule has 0 fully saturated rings. The fraction of sp³-hybridized carbons (Fsp3) is 0.333. The molecule has 2 heterocycles. The van der Waals surface area contributed by atoms with Crippen LogP contribution in [-0.2, 0) is 5.41 Å². The topological polar surface area (TPSA) is 25.8 Å². The second-order valence-corrected chi connectivity index (χ2v) is 8.75. The predicted molar refractivity (Wildman–Crippen MR) is 89.5 cm³/mol. The van der Waals surface area contributed by atoms with Crippen molar-refractivity contribution in [3.8, 4) is 10.7 Å². The summed E-state index contributed by atoms with van der Waals surface area (Å²) in [5.41, 5.74) is 0.939. The van der Waals surface area contributed by atoms with E-state index in [4.69, 9.17) is 11.6 Å². The monoisotopic (exact) mass is 456 g/mol. The molecule has 2 aromatic rings. The first-order valence-electron chi connectivity index (χ1n) is 5.28. The van der Waals surface area contributed by atoms with Crippen LogP contribution in [0.5, 0.6) is 0 Å². The van der Waals surface area contributed by atoms with Crippen LogP contribution in [0.4, 0.5) is 0 Å². The minimum Gasteiger partial charge on any atom is -0.231 e. The lowest BCUT2D eigenvalue weighted by Gasteiger charge is -2.20. The zero-order valence-corrected chi connectivity index (χ0v) is 15.4. The van der Waals surface area contributed by atoms with Gasteiger partial charge in [0.05, 0.1) is 17.9 Å². The minimum absolute atomic E-state index is 0.0493. The molecule has 0 saturated carbocycles. The standard InChI is InChI=1S/C12H11BrClIN2S/c1-12(2,3)9-8(15)10(14)17-11(16-9)6-4-5-7(13)18-6/h4-5H,1-3H3. The molecule has 0 aliphatic heterocycles. The molecule has 0 unspecified atom stereocenters. The van der Waals surface area contributed by atoms with Gasteiger partial charge in [-0.2, -0.15) is 0 Å². The van der Waals surface area contributed by atoms with Crippen LogP contribution in [0.3, 0.4) is 0 Å². The van der Waals surface area contributed by atoms with Crippen LogP contribution in [0.2, 0.25) is 5.15 Å². The summed E-state index contributed by atoms with van der Waals surface area (Å²) in [5.74, 6) is 0.695. The van der Waals surface area contributed by atoms with Gasteiger partial charge >= 0.3 is 0 Å². The average molecular weight is 458 g/mol. The van der Waals surface area contributed by atoms with Gasteiger partial charge in [-0.25, -0.2) is 9.97 Å². The fourth-order valence-corrected chi connectivity index (χ4v) is 4.00. The Bertz CT molecular complexity index is 592. The zero-order valence-electron chi connectivity index (χ0n) is 10.1. The number of rotatable bonds is 1. The van der Waals surface area contributed by atoms with Gasteiger partial charge < -0.3 is 0 Å². The minimum atomic E-state index is -0.0493. The van der Waals surface area contributed by atoms with Gasteiger partial charge in [0.15, 0.2) is 5.82 Å². The van der Waals surface area contributed by atoms with Crippen LogP contribution in [-0.4, -0.2) is 9.97 Å². The quantitative estimate of drug-likeness (QED) is 0.416. The Morgan fingerprint density at radius 2 is 1.94 bits per heavy atom. The van der Waals surface area contributed by atoms with E-state index in [1.54, 1.807) is 11.3 Å². The Morgan fingerprint density at radius 3 is 2.44 bits per heavy atom. The average Bonchev–Trinajstić information content (AvgIpc) is 2.67. The molecule has 6 heteroatoms. The van der Waals surface area contributed by atoms with Crippen molar-refractivity contribution in [1.29, 1.82) is 0 Å². The van der Waals surface area contributed by atoms with Crippen molar-refractivity contribution in [2.75, 3.05) is 0 Å². The van der Waals surface area contributed by atoms with E-state index in [0.717, 1.165) is 17.9 Å². The molecule has 2 aromatic heterocycles. The summed E-state index contributed by atoms with van der Waals surface area (Å²) in [6.07, 6.45) is 0. The number of hydrogen-bond acceptors (Lipinski definition) is 3. The molecule has 18 heavy (non-hydrogen) atoms. The third kappa shape index (κ3) is 3.05. The summed E-state index contributed by atoms with van der Waals surface area (Å²) >= 11 is 13.5. The van der Waals surface area contributed by atoms with E-state index in [1.807, 2.05) is 12.1 Å². The largest absolute Gasteiger partial charge is 0.231 e. The van der Waals surface area contributed by atoms with Crippen LogP contribution in [0.25, 0.3) is 10.7 Å². The second-order valence-electron chi connectivity index (χ2n) is 4.85. The first-order valence-corrected chi connectivity index (χ1v) is 8.35. The van der Waals surface area contributed by atoms with Gasteiger partial charge in [0, 0.05) is 5.41 Å². The van der Waals surface area contributed by atoms with Crippen LogP contribution in [0.15, 0.2) is 15.9 Å². The Labute approximate surface area is 137 Å². The SMILES string of the molecule is CC(C)(C)c1nc(-c2ccc(Br)s2)nc(Cl)c1I. The highest BCUT2D eigenvalue weighted by Crippen LogP contribution is 2.34. The molecule has 0 spiro atoms. The Balaban J connectivity index is 2.61. The molecule has 0 aromatic carbocycles. The van der Waals surface area contributed by atoms with Gasteiger partial charge in [-0.3, -0.25) is 0 Å². The number of hydrogen-bond donors (Lipinski definition) is 0. The fourth-order valence-electron chi connectivity index (χ4n) is 1.46. The molecule has 2 nitrogen and oxygen atoms in total. The molecule has 0 aliphatic rings. The van der Waals surface area contributed by atoms with Crippen molar-refractivity contribution in [2.45, 2.75) is 26.2 Å². The van der Waals surface area contributed by atoms with Gasteiger partial charge in [0.2, 0.25) is 0 Å². The Hall–Kier alpha value is 0.280. The van der Waals surface area contributed by atoms with E-state index in [2.05, 4.69) is 69.3 Å². The lowest BCUT2D eigenvalue weighted by Crippen LogP contribution is -2.17. The number of nitrogens with zero attached hydrogens (tertiary/aromatic N) is 2. The van der Waals surface area contributed by atoms with Gasteiger partial charge in [-0.05, 0) is 50.7 Å². The van der Waals surface area contributed by atoms with E-state index >= 15 is 0 Å². The summed E-state index contributed by atoms with van der Waals surface area (Å²) in [5, 5.41) is 0.523. The summed E-state index contributed by atoms with van der Waals surface area (Å²) < 4.78 is 1.99. The molecule has 2 rings (SSSR count). The zero-order chi connectivity index (χ0) is 13.5. The van der Waals surface area contributed by atoms with Crippen molar-refractivity contribution in [2.24, 2.45) is 0 Å². The van der Waals surface area contributed by atoms with Crippen LogP contribution in [0, 0.1) is 3.57 Å². The van der Waals surface area contributed by atoms with E-state index < -0.39 is 0 Å². The van der Waals surface area contributed by atoms with E-state index in [9.17, 15) is 0 Å². The van der Waals surface area contributed by atoms with Crippen molar-refractivity contribution < 1.29 is 0 Å². The van der Waals surface area contributed by atoms with Crippen LogP contribution in [0.1, 0.15) is 26.5 Å². The smallest absolute Gasteiger partial charge is 0.171 e. The second kappa shape index (κ2) is 5.34. The molecule has 0 radical (unpaired) electrons. The Kier molecular flexibility index (Phi) is 4.36. The Morgan fingerprint density at radius 1 is 1.28 bits per heavy atom. The van der Waals surface area contributed by atoms with E-state index in [-0.39, 0.29) is 5.41 Å². The maximum atomic E-state index is 6.22. The summed E-state index contributed by atoms with van der Waals surface area (Å²) in [6.45, 7) is 6.38. The van der Waals surface area contributed by atoms with Crippen molar-refractivity contribution in [3.05, 3.63) is 30.3 Å². The van der Waals surface area contributed by atoms with Gasteiger partial charge in [0.25, 0.3) is 0 Å². The number of aromatic nitrogens is 2. The molecule has 0 amide bonds. The molecule has 0 atom stereocenters. The molecular formula is C12H11BrClIN2S. The van der Waals surface area contributed by atoms with Crippen LogP contribution < -0.4 is 0 Å². The first-order chi connectivity index (χ1) is 8.29. The van der Waals surface area contributed by atoms with Crippen molar-refractivity contribution in [3.63, 3.8) is 0 Å². The molecule has 96 valence electrons. The summed E-state index contributed by atoms with van der Waals surface area (Å²) in [6, 6.07) is 3.99. The number of thiophene rings is 1. The normalized spacial score (nSPS) is 11.9. The highest BCUT2D eigenvalue weighted by Gasteiger charge is 2.23. The van der Waals surface area contributed by atoms with Crippen molar-refractivity contribution >= 4 is 61.5 Å². The van der Waals surface area contributed by atoms with Crippen LogP contribution >= 0.6 is 61.5 Å². The predicted octanol–water partition coefficient (Wildman–Crippen LogP) is 5.52. The molecule has 0 saturated heterocycles.